The van der Waals surface area contributed by atoms with E-state index in [1.165, 1.54) is 12.1 Å². The fourth-order valence-corrected chi connectivity index (χ4v) is 8.05. The molecule has 268 valence electrons. The maximum absolute atomic E-state index is 15.1. The molecule has 0 aliphatic carbocycles. The molecule has 12 nitrogen and oxygen atoms in total. The average molecular weight is 712 g/mol. The fourth-order valence-electron chi connectivity index (χ4n) is 7.00. The number of halogens is 2. The van der Waals surface area contributed by atoms with Crippen LogP contribution >= 0.6 is 11.8 Å². The molecule has 4 aliphatic heterocycles. The lowest BCUT2D eigenvalue weighted by Gasteiger charge is -2.41. The van der Waals surface area contributed by atoms with Crippen molar-refractivity contribution in [3.8, 4) is 5.75 Å². The van der Waals surface area contributed by atoms with Crippen LogP contribution in [0.2, 0.25) is 0 Å². The van der Waals surface area contributed by atoms with E-state index in [2.05, 4.69) is 30.4 Å². The molecule has 7 rings (SSSR count). The number of anilines is 2. The Kier molecular flexibility index (Phi) is 10.8. The monoisotopic (exact) mass is 711 g/mol. The average Bonchev–Trinajstić information content (AvgIpc) is 3.08. The van der Waals surface area contributed by atoms with Gasteiger partial charge in [-0.3, -0.25) is 24.6 Å². The number of nitrogens with zero attached hydrogens (tertiary/aromatic N) is 4. The fraction of sp³-hybridized carbons (Fsp3) is 0.543. The van der Waals surface area contributed by atoms with Gasteiger partial charge in [0.1, 0.15) is 34.6 Å². The van der Waals surface area contributed by atoms with E-state index in [0.717, 1.165) is 65.3 Å². The molecular weight excluding hydrogens is 668 g/mol. The minimum Gasteiger partial charge on any atom is -0.493 e. The molecule has 0 spiro atoms. The third-order valence-electron chi connectivity index (χ3n) is 9.90. The summed E-state index contributed by atoms with van der Waals surface area (Å²) in [4.78, 5) is 50.2. The second kappa shape index (κ2) is 15.6. The highest BCUT2D eigenvalue weighted by molar-refractivity contribution is 7.99. The van der Waals surface area contributed by atoms with E-state index in [-0.39, 0.29) is 29.4 Å². The van der Waals surface area contributed by atoms with Gasteiger partial charge in [0.2, 0.25) is 11.8 Å². The quantitative estimate of drug-likeness (QED) is 0.240. The maximum atomic E-state index is 15.1. The first-order chi connectivity index (χ1) is 24.3. The van der Waals surface area contributed by atoms with E-state index < -0.39 is 17.4 Å². The number of fused-ring (bicyclic) bond motifs is 1. The predicted octanol–water partition coefficient (Wildman–Crippen LogP) is 2.96. The van der Waals surface area contributed by atoms with Gasteiger partial charge in [-0.25, -0.2) is 13.8 Å². The van der Waals surface area contributed by atoms with Crippen LogP contribution in [0.25, 0.3) is 10.9 Å². The lowest BCUT2D eigenvalue weighted by atomic mass is 10.0. The summed E-state index contributed by atoms with van der Waals surface area (Å²) in [6.45, 7) is 8.69. The van der Waals surface area contributed by atoms with Crippen molar-refractivity contribution in [3.05, 3.63) is 58.1 Å². The zero-order valence-corrected chi connectivity index (χ0v) is 28.7. The molecule has 1 unspecified atom stereocenters. The molecule has 15 heteroatoms. The van der Waals surface area contributed by atoms with Gasteiger partial charge in [0.05, 0.1) is 23.6 Å². The third kappa shape index (κ3) is 8.39. The molecule has 0 bridgehead atoms. The van der Waals surface area contributed by atoms with E-state index in [1.54, 1.807) is 30.0 Å². The number of thioether (sulfide) groups is 1. The molecular formula is C35H43F2N7O5S. The molecule has 5 heterocycles. The number of imide groups is 1. The number of carbonyl (C=O) groups excluding carboxylic acids is 2. The summed E-state index contributed by atoms with van der Waals surface area (Å²) in [5.74, 6) is 0.156. The standard InChI is InChI=1S/C35H43F2N7O5S/c36-26-15-23(38-28-2-4-32(45)41-34(28)46)1-3-30(26)44-11-9-42(10-12-44)7-8-43-18-22(19-43)20-49-24-16-27(37)33-29(17-24)39-31(40-35(33)47)21-50-25-5-13-48-14-6-25/h1,3,15-17,22,25,28,38H,2,4-14,18-21H2,(H,39,40,47)(H,41,45,46). The highest BCUT2D eigenvalue weighted by Crippen LogP contribution is 2.28. The summed E-state index contributed by atoms with van der Waals surface area (Å²) in [5.41, 5.74) is 0.895. The van der Waals surface area contributed by atoms with Crippen molar-refractivity contribution < 1.29 is 27.8 Å². The summed E-state index contributed by atoms with van der Waals surface area (Å²) >= 11 is 1.74. The number of amides is 2. The number of hydrogen-bond donors (Lipinski definition) is 3. The Morgan fingerprint density at radius 3 is 2.50 bits per heavy atom. The lowest BCUT2D eigenvalue weighted by molar-refractivity contribution is -0.133. The molecule has 50 heavy (non-hydrogen) atoms. The number of piperidine rings is 1. The zero-order chi connectivity index (χ0) is 34.6. The van der Waals surface area contributed by atoms with Gasteiger partial charge in [-0.15, -0.1) is 0 Å². The Bertz CT molecular complexity index is 1760. The first-order valence-electron chi connectivity index (χ1n) is 17.4. The highest BCUT2D eigenvalue weighted by Gasteiger charge is 2.29. The van der Waals surface area contributed by atoms with Crippen LogP contribution in [0.5, 0.6) is 5.75 Å². The molecule has 3 aromatic rings. The number of nitrogens with one attached hydrogen (secondary N) is 3. The Balaban J connectivity index is 0.822. The Labute approximate surface area is 293 Å². The molecule has 0 saturated carbocycles. The molecule has 4 aliphatic rings. The topological polar surface area (TPSA) is 132 Å². The summed E-state index contributed by atoms with van der Waals surface area (Å²) in [5, 5.41) is 5.76. The largest absolute Gasteiger partial charge is 0.493 e. The summed E-state index contributed by atoms with van der Waals surface area (Å²) in [6, 6.07) is 7.30. The lowest BCUT2D eigenvalue weighted by Crippen LogP contribution is -2.53. The van der Waals surface area contributed by atoms with Crippen molar-refractivity contribution in [3.63, 3.8) is 0 Å². The van der Waals surface area contributed by atoms with Gasteiger partial charge in [-0.2, -0.15) is 11.8 Å². The molecule has 2 aromatic carbocycles. The van der Waals surface area contributed by atoms with Crippen LogP contribution in [-0.2, 0) is 20.1 Å². The van der Waals surface area contributed by atoms with Crippen LogP contribution in [0, 0.1) is 17.6 Å². The van der Waals surface area contributed by atoms with Crippen molar-refractivity contribution >= 4 is 45.9 Å². The molecule has 4 fully saturated rings. The number of benzene rings is 2. The minimum atomic E-state index is -0.633. The number of carbonyl (C=O) groups is 2. The van der Waals surface area contributed by atoms with Crippen LogP contribution in [0.3, 0.4) is 0 Å². The van der Waals surface area contributed by atoms with Crippen LogP contribution < -0.4 is 25.8 Å². The normalized spacial score (nSPS) is 21.3. The highest BCUT2D eigenvalue weighted by atomic mass is 32.2. The summed E-state index contributed by atoms with van der Waals surface area (Å²) in [6.07, 6.45) is 2.59. The molecule has 0 radical (unpaired) electrons. The first kappa shape index (κ1) is 34.6. The van der Waals surface area contributed by atoms with Crippen LogP contribution in [0.15, 0.2) is 35.1 Å². The second-order valence-corrected chi connectivity index (χ2v) is 14.8. The predicted molar refractivity (Wildman–Crippen MR) is 188 cm³/mol. The number of aromatic nitrogens is 2. The van der Waals surface area contributed by atoms with Gasteiger partial charge in [-0.1, -0.05) is 0 Å². The number of hydrogen-bond acceptors (Lipinski definition) is 11. The van der Waals surface area contributed by atoms with Gasteiger partial charge >= 0.3 is 0 Å². The number of ether oxygens (including phenoxy) is 2. The molecule has 3 N–H and O–H groups in total. The number of rotatable bonds is 12. The number of piperazine rings is 1. The Morgan fingerprint density at radius 1 is 0.960 bits per heavy atom. The SMILES string of the molecule is O=C1CCC(Nc2ccc(N3CCN(CCN4CC(COc5cc(F)c6c(=O)[nH]c(CSC7CCOCC7)nc6c5)C4)CC3)c(F)c2)C(=O)N1. The van der Waals surface area contributed by atoms with E-state index in [0.29, 0.717) is 71.5 Å². The molecule has 1 atom stereocenters. The van der Waals surface area contributed by atoms with E-state index in [9.17, 15) is 18.8 Å². The van der Waals surface area contributed by atoms with Crippen molar-refractivity contribution in [1.82, 2.24) is 25.1 Å². The van der Waals surface area contributed by atoms with E-state index in [1.807, 2.05) is 4.90 Å². The number of likely N-dealkylation sites (tertiary alicyclic amines) is 1. The minimum absolute atomic E-state index is 0.0461. The smallest absolute Gasteiger partial charge is 0.261 e. The van der Waals surface area contributed by atoms with Gasteiger partial charge in [0, 0.05) is 101 Å². The number of H-pyrrole nitrogens is 1. The van der Waals surface area contributed by atoms with Gasteiger partial charge in [0.15, 0.2) is 0 Å². The van der Waals surface area contributed by atoms with E-state index in [4.69, 9.17) is 9.47 Å². The Morgan fingerprint density at radius 2 is 1.74 bits per heavy atom. The first-order valence-corrected chi connectivity index (χ1v) is 18.5. The van der Waals surface area contributed by atoms with Gasteiger partial charge in [0.25, 0.3) is 5.56 Å². The van der Waals surface area contributed by atoms with Crippen molar-refractivity contribution in [1.29, 1.82) is 0 Å². The van der Waals surface area contributed by atoms with Crippen LogP contribution in [-0.4, -0.2) is 115 Å². The third-order valence-corrected chi connectivity index (χ3v) is 11.3. The Hall–Kier alpha value is -3.79. The van der Waals surface area contributed by atoms with E-state index >= 15 is 4.39 Å². The summed E-state index contributed by atoms with van der Waals surface area (Å²) in [7, 11) is 0. The van der Waals surface area contributed by atoms with Gasteiger partial charge < -0.3 is 29.6 Å². The van der Waals surface area contributed by atoms with Crippen LogP contribution in [0.1, 0.15) is 31.5 Å². The molecule has 2 amide bonds. The van der Waals surface area contributed by atoms with Crippen LogP contribution in [0.4, 0.5) is 20.2 Å². The zero-order valence-electron chi connectivity index (χ0n) is 27.9. The second-order valence-electron chi connectivity index (χ2n) is 13.5. The summed E-state index contributed by atoms with van der Waals surface area (Å²) < 4.78 is 41.4. The van der Waals surface area contributed by atoms with Gasteiger partial charge in [-0.05, 0) is 37.5 Å². The maximum Gasteiger partial charge on any atom is 0.261 e. The van der Waals surface area contributed by atoms with Crippen molar-refractivity contribution in [2.75, 3.05) is 82.4 Å². The molecule has 4 saturated heterocycles. The van der Waals surface area contributed by atoms with Crippen molar-refractivity contribution in [2.24, 2.45) is 5.92 Å². The number of aromatic amines is 1. The molecule has 1 aromatic heterocycles. The van der Waals surface area contributed by atoms with Crippen molar-refractivity contribution in [2.45, 2.75) is 42.7 Å².